The lowest BCUT2D eigenvalue weighted by molar-refractivity contribution is 0.189. The standard InChI is InChI=1S/C16H26N2O3/c1-5-13(3)21-15-10-12(2)6-7-14(15)11-17-16(20)18(4)8-9-19/h6-7,10,13,19H,5,8-9,11H2,1-4H3,(H,17,20). The summed E-state index contributed by atoms with van der Waals surface area (Å²) in [6.07, 6.45) is 1.07. The van der Waals surface area contributed by atoms with E-state index in [1.807, 2.05) is 32.0 Å². The Hall–Kier alpha value is -1.75. The van der Waals surface area contributed by atoms with Gasteiger partial charge in [-0.3, -0.25) is 0 Å². The van der Waals surface area contributed by atoms with E-state index in [0.29, 0.717) is 13.1 Å². The van der Waals surface area contributed by atoms with Crippen molar-refractivity contribution in [3.63, 3.8) is 0 Å². The number of ether oxygens (including phenoxy) is 1. The fraction of sp³-hybridized carbons (Fsp3) is 0.562. The van der Waals surface area contributed by atoms with Crippen molar-refractivity contribution in [3.05, 3.63) is 29.3 Å². The van der Waals surface area contributed by atoms with Crippen LogP contribution in [-0.4, -0.2) is 42.3 Å². The molecule has 2 amide bonds. The van der Waals surface area contributed by atoms with Crippen LogP contribution >= 0.6 is 0 Å². The van der Waals surface area contributed by atoms with Gasteiger partial charge in [-0.2, -0.15) is 0 Å². The third-order valence-electron chi connectivity index (χ3n) is 3.34. The van der Waals surface area contributed by atoms with Crippen molar-refractivity contribution in [2.45, 2.75) is 39.8 Å². The van der Waals surface area contributed by atoms with E-state index in [1.54, 1.807) is 7.05 Å². The molecule has 1 aromatic carbocycles. The Morgan fingerprint density at radius 1 is 1.48 bits per heavy atom. The number of carbonyl (C=O) groups excluding carboxylic acids is 1. The zero-order chi connectivity index (χ0) is 15.8. The highest BCUT2D eigenvalue weighted by Gasteiger charge is 2.11. The van der Waals surface area contributed by atoms with E-state index in [2.05, 4.69) is 12.2 Å². The lowest BCUT2D eigenvalue weighted by Gasteiger charge is -2.19. The molecular weight excluding hydrogens is 268 g/mol. The van der Waals surface area contributed by atoms with E-state index in [0.717, 1.165) is 23.3 Å². The normalized spacial score (nSPS) is 11.9. The van der Waals surface area contributed by atoms with Gasteiger partial charge in [-0.25, -0.2) is 4.79 Å². The van der Waals surface area contributed by atoms with Crippen LogP contribution in [-0.2, 0) is 6.54 Å². The Labute approximate surface area is 126 Å². The first-order chi connectivity index (χ1) is 9.97. The molecule has 5 nitrogen and oxygen atoms in total. The summed E-state index contributed by atoms with van der Waals surface area (Å²) in [7, 11) is 1.65. The molecule has 1 rings (SSSR count). The molecule has 0 aliphatic heterocycles. The number of amides is 2. The average molecular weight is 294 g/mol. The molecule has 0 aliphatic rings. The summed E-state index contributed by atoms with van der Waals surface area (Å²) in [5.41, 5.74) is 2.08. The first-order valence-electron chi connectivity index (χ1n) is 7.34. The van der Waals surface area contributed by atoms with Gasteiger partial charge in [0, 0.05) is 25.7 Å². The third-order valence-corrected chi connectivity index (χ3v) is 3.34. The molecule has 0 heterocycles. The molecule has 2 N–H and O–H groups in total. The smallest absolute Gasteiger partial charge is 0.317 e. The lowest BCUT2D eigenvalue weighted by atomic mass is 10.1. The van der Waals surface area contributed by atoms with Gasteiger partial charge in [0.25, 0.3) is 0 Å². The molecule has 0 aliphatic carbocycles. The van der Waals surface area contributed by atoms with Gasteiger partial charge in [-0.05, 0) is 31.9 Å². The molecule has 0 radical (unpaired) electrons. The van der Waals surface area contributed by atoms with E-state index < -0.39 is 0 Å². The number of carbonyl (C=O) groups is 1. The summed E-state index contributed by atoms with van der Waals surface area (Å²) in [5, 5.41) is 11.7. The highest BCUT2D eigenvalue weighted by Crippen LogP contribution is 2.22. The van der Waals surface area contributed by atoms with Gasteiger partial charge in [-0.1, -0.05) is 19.1 Å². The second-order valence-electron chi connectivity index (χ2n) is 5.25. The molecule has 0 saturated carbocycles. The van der Waals surface area contributed by atoms with Crippen LogP contribution in [0.15, 0.2) is 18.2 Å². The van der Waals surface area contributed by atoms with Crippen LogP contribution in [0.5, 0.6) is 5.75 Å². The topological polar surface area (TPSA) is 61.8 Å². The lowest BCUT2D eigenvalue weighted by Crippen LogP contribution is -2.38. The van der Waals surface area contributed by atoms with Crippen molar-refractivity contribution in [1.82, 2.24) is 10.2 Å². The van der Waals surface area contributed by atoms with Gasteiger partial charge in [-0.15, -0.1) is 0 Å². The Morgan fingerprint density at radius 3 is 2.81 bits per heavy atom. The van der Waals surface area contributed by atoms with Gasteiger partial charge in [0.1, 0.15) is 5.75 Å². The maximum Gasteiger partial charge on any atom is 0.317 e. The van der Waals surface area contributed by atoms with E-state index in [-0.39, 0.29) is 18.7 Å². The Balaban J connectivity index is 2.71. The number of aliphatic hydroxyl groups excluding tert-OH is 1. The van der Waals surface area contributed by atoms with Gasteiger partial charge in [0.15, 0.2) is 0 Å². The molecule has 0 saturated heterocycles. The van der Waals surface area contributed by atoms with Crippen molar-refractivity contribution in [2.75, 3.05) is 20.2 Å². The van der Waals surface area contributed by atoms with Crippen LogP contribution in [0, 0.1) is 6.92 Å². The van der Waals surface area contributed by atoms with Gasteiger partial charge >= 0.3 is 6.03 Å². The zero-order valence-electron chi connectivity index (χ0n) is 13.3. The highest BCUT2D eigenvalue weighted by atomic mass is 16.5. The maximum absolute atomic E-state index is 11.8. The summed E-state index contributed by atoms with van der Waals surface area (Å²) >= 11 is 0. The minimum absolute atomic E-state index is 0.0448. The van der Waals surface area contributed by atoms with E-state index in [1.165, 1.54) is 4.90 Å². The van der Waals surface area contributed by atoms with Crippen molar-refractivity contribution < 1.29 is 14.6 Å². The molecule has 0 spiro atoms. The number of urea groups is 1. The van der Waals surface area contributed by atoms with Crippen LogP contribution in [0.4, 0.5) is 4.79 Å². The molecule has 1 aromatic rings. The minimum atomic E-state index is -0.209. The summed E-state index contributed by atoms with van der Waals surface area (Å²) in [5.74, 6) is 0.814. The van der Waals surface area contributed by atoms with Crippen LogP contribution in [0.3, 0.4) is 0 Å². The number of benzene rings is 1. The molecule has 0 aromatic heterocycles. The van der Waals surface area contributed by atoms with Crippen LogP contribution in [0.2, 0.25) is 0 Å². The maximum atomic E-state index is 11.8. The molecule has 21 heavy (non-hydrogen) atoms. The third kappa shape index (κ3) is 5.63. The number of aliphatic hydroxyl groups is 1. The Bertz CT molecular complexity index is 463. The number of nitrogens with one attached hydrogen (secondary N) is 1. The van der Waals surface area contributed by atoms with Gasteiger partial charge in [0.2, 0.25) is 0 Å². The molecule has 5 heteroatoms. The molecule has 0 bridgehead atoms. The van der Waals surface area contributed by atoms with Crippen molar-refractivity contribution in [2.24, 2.45) is 0 Å². The number of aryl methyl sites for hydroxylation is 1. The predicted molar refractivity (Wildman–Crippen MR) is 83.5 cm³/mol. The molecule has 1 atom stereocenters. The first-order valence-corrected chi connectivity index (χ1v) is 7.34. The second-order valence-corrected chi connectivity index (χ2v) is 5.25. The monoisotopic (exact) mass is 294 g/mol. The van der Waals surface area contributed by atoms with E-state index >= 15 is 0 Å². The largest absolute Gasteiger partial charge is 0.490 e. The SMILES string of the molecule is CCC(C)Oc1cc(C)ccc1CNC(=O)N(C)CCO. The van der Waals surface area contributed by atoms with E-state index in [9.17, 15) is 4.79 Å². The number of rotatable bonds is 7. The van der Waals surface area contributed by atoms with Crippen LogP contribution < -0.4 is 10.1 Å². The summed E-state index contributed by atoms with van der Waals surface area (Å²) in [6.45, 7) is 6.79. The predicted octanol–water partition coefficient (Wildman–Crippen LogP) is 2.31. The number of likely N-dealkylation sites (N-methyl/N-ethyl adjacent to an activating group) is 1. The minimum Gasteiger partial charge on any atom is -0.490 e. The Kier molecular flexibility index (Phi) is 7.02. The summed E-state index contributed by atoms with van der Waals surface area (Å²) in [4.78, 5) is 13.3. The van der Waals surface area contributed by atoms with Crippen LogP contribution in [0.1, 0.15) is 31.4 Å². The zero-order valence-corrected chi connectivity index (χ0v) is 13.3. The molecular formula is C16H26N2O3. The molecule has 1 unspecified atom stereocenters. The quantitative estimate of drug-likeness (QED) is 0.811. The summed E-state index contributed by atoms with van der Waals surface area (Å²) < 4.78 is 5.91. The van der Waals surface area contributed by atoms with Crippen molar-refractivity contribution >= 4 is 6.03 Å². The van der Waals surface area contributed by atoms with E-state index in [4.69, 9.17) is 9.84 Å². The fourth-order valence-electron chi connectivity index (χ4n) is 1.77. The highest BCUT2D eigenvalue weighted by molar-refractivity contribution is 5.73. The first kappa shape index (κ1) is 17.3. The number of hydrogen-bond acceptors (Lipinski definition) is 3. The van der Waals surface area contributed by atoms with Crippen LogP contribution in [0.25, 0.3) is 0 Å². The average Bonchev–Trinajstić information content (AvgIpc) is 2.46. The van der Waals surface area contributed by atoms with Crippen molar-refractivity contribution in [1.29, 1.82) is 0 Å². The Morgan fingerprint density at radius 2 is 2.19 bits per heavy atom. The molecule has 0 fully saturated rings. The summed E-state index contributed by atoms with van der Waals surface area (Å²) in [6, 6.07) is 5.76. The fourth-order valence-corrected chi connectivity index (χ4v) is 1.77. The number of hydrogen-bond donors (Lipinski definition) is 2. The van der Waals surface area contributed by atoms with Crippen molar-refractivity contribution in [3.8, 4) is 5.75 Å². The second kappa shape index (κ2) is 8.52. The molecule has 118 valence electrons. The van der Waals surface area contributed by atoms with Gasteiger partial charge < -0.3 is 20.1 Å². The van der Waals surface area contributed by atoms with Gasteiger partial charge in [0.05, 0.1) is 12.7 Å². The number of nitrogens with zero attached hydrogens (tertiary/aromatic N) is 1.